The van der Waals surface area contributed by atoms with Crippen molar-refractivity contribution < 1.29 is 14.2 Å². The van der Waals surface area contributed by atoms with Gasteiger partial charge in [-0.2, -0.15) is 0 Å². The Hall–Kier alpha value is -1.13. The summed E-state index contributed by atoms with van der Waals surface area (Å²) in [6.07, 6.45) is 1.90. The van der Waals surface area contributed by atoms with Crippen molar-refractivity contribution in [2.75, 3.05) is 26.2 Å². The zero-order valence-corrected chi connectivity index (χ0v) is 11.4. The zero-order chi connectivity index (χ0) is 13.7. The van der Waals surface area contributed by atoms with E-state index in [9.17, 15) is 9.50 Å². The molecule has 0 bridgehead atoms. The minimum atomic E-state index is -0.243. The number of hydrogen-bond acceptors (Lipinski definition) is 3. The van der Waals surface area contributed by atoms with Gasteiger partial charge in [0.2, 0.25) is 0 Å². The summed E-state index contributed by atoms with van der Waals surface area (Å²) < 4.78 is 18.3. The fraction of sp³-hybridized carbons (Fsp3) is 0.600. The third-order valence-corrected chi connectivity index (χ3v) is 3.80. The molecule has 0 saturated carbocycles. The second kappa shape index (κ2) is 6.87. The molecule has 4 heteroatoms. The Morgan fingerprint density at radius 2 is 1.95 bits per heavy atom. The quantitative estimate of drug-likeness (QED) is 0.888. The lowest BCUT2D eigenvalue weighted by atomic mass is 9.92. The lowest BCUT2D eigenvalue weighted by Crippen LogP contribution is -2.39. The number of halogens is 1. The minimum absolute atomic E-state index is 0.197. The SMILES string of the molecule is CC(O)C1CCN(CCOc2ccc(F)cc2)CC1. The van der Waals surface area contributed by atoms with Crippen LogP contribution in [0, 0.1) is 11.7 Å². The number of rotatable bonds is 5. The van der Waals surface area contributed by atoms with Crippen LogP contribution in [0.5, 0.6) is 5.75 Å². The first kappa shape index (κ1) is 14.3. The van der Waals surface area contributed by atoms with E-state index in [2.05, 4.69) is 4.90 Å². The van der Waals surface area contributed by atoms with E-state index < -0.39 is 0 Å². The molecule has 106 valence electrons. The maximum atomic E-state index is 12.7. The van der Waals surface area contributed by atoms with Crippen molar-refractivity contribution in [2.45, 2.75) is 25.9 Å². The van der Waals surface area contributed by atoms with Crippen molar-refractivity contribution in [1.29, 1.82) is 0 Å². The molecule has 0 aliphatic carbocycles. The van der Waals surface area contributed by atoms with E-state index in [1.54, 1.807) is 12.1 Å². The second-order valence-electron chi connectivity index (χ2n) is 5.22. The van der Waals surface area contributed by atoms with Crippen LogP contribution in [-0.2, 0) is 0 Å². The van der Waals surface area contributed by atoms with Crippen LogP contribution in [0.3, 0.4) is 0 Å². The normalized spacial score (nSPS) is 19.3. The Labute approximate surface area is 114 Å². The first-order valence-corrected chi connectivity index (χ1v) is 6.94. The highest BCUT2D eigenvalue weighted by atomic mass is 19.1. The van der Waals surface area contributed by atoms with Gasteiger partial charge < -0.3 is 9.84 Å². The average molecular weight is 267 g/mol. The average Bonchev–Trinajstić information content (AvgIpc) is 2.41. The molecule has 1 heterocycles. The van der Waals surface area contributed by atoms with Crippen LogP contribution in [0.1, 0.15) is 19.8 Å². The van der Waals surface area contributed by atoms with Gasteiger partial charge in [-0.1, -0.05) is 0 Å². The van der Waals surface area contributed by atoms with Crippen molar-refractivity contribution in [3.05, 3.63) is 30.1 Å². The highest BCUT2D eigenvalue weighted by molar-refractivity contribution is 5.21. The van der Waals surface area contributed by atoms with Crippen molar-refractivity contribution >= 4 is 0 Å². The lowest BCUT2D eigenvalue weighted by Gasteiger charge is -2.33. The van der Waals surface area contributed by atoms with Crippen LogP contribution in [0.2, 0.25) is 0 Å². The van der Waals surface area contributed by atoms with E-state index >= 15 is 0 Å². The third-order valence-electron chi connectivity index (χ3n) is 3.80. The number of piperidine rings is 1. The van der Waals surface area contributed by atoms with Gasteiger partial charge in [-0.25, -0.2) is 4.39 Å². The maximum absolute atomic E-state index is 12.7. The number of aliphatic hydroxyl groups excluding tert-OH is 1. The highest BCUT2D eigenvalue weighted by Gasteiger charge is 2.22. The Balaban J connectivity index is 1.65. The fourth-order valence-corrected chi connectivity index (χ4v) is 2.48. The van der Waals surface area contributed by atoms with Gasteiger partial charge in [0, 0.05) is 6.54 Å². The predicted molar refractivity (Wildman–Crippen MR) is 72.7 cm³/mol. The van der Waals surface area contributed by atoms with Crippen LogP contribution in [0.25, 0.3) is 0 Å². The molecule has 3 nitrogen and oxygen atoms in total. The van der Waals surface area contributed by atoms with Gasteiger partial charge in [0.1, 0.15) is 18.2 Å². The molecule has 0 amide bonds. The predicted octanol–water partition coefficient (Wildman–Crippen LogP) is 2.30. The Morgan fingerprint density at radius 1 is 1.32 bits per heavy atom. The van der Waals surface area contributed by atoms with E-state index in [4.69, 9.17) is 4.74 Å². The summed E-state index contributed by atoms with van der Waals surface area (Å²) in [6, 6.07) is 6.11. The smallest absolute Gasteiger partial charge is 0.123 e. The van der Waals surface area contributed by atoms with Gasteiger partial charge in [0.25, 0.3) is 0 Å². The molecule has 0 radical (unpaired) electrons. The van der Waals surface area contributed by atoms with Crippen LogP contribution in [0.4, 0.5) is 4.39 Å². The van der Waals surface area contributed by atoms with E-state index in [-0.39, 0.29) is 11.9 Å². The summed E-state index contributed by atoms with van der Waals surface area (Å²) in [7, 11) is 0. The monoisotopic (exact) mass is 267 g/mol. The molecule has 19 heavy (non-hydrogen) atoms. The van der Waals surface area contributed by atoms with E-state index in [1.165, 1.54) is 12.1 Å². The number of benzene rings is 1. The van der Waals surface area contributed by atoms with Crippen molar-refractivity contribution in [3.63, 3.8) is 0 Å². The number of nitrogens with zero attached hydrogens (tertiary/aromatic N) is 1. The molecule has 1 saturated heterocycles. The van der Waals surface area contributed by atoms with Crippen LogP contribution < -0.4 is 4.74 Å². The molecule has 1 unspecified atom stereocenters. The zero-order valence-electron chi connectivity index (χ0n) is 11.4. The molecule has 1 N–H and O–H groups in total. The molecular formula is C15H22FNO2. The van der Waals surface area contributed by atoms with Crippen LogP contribution >= 0.6 is 0 Å². The van der Waals surface area contributed by atoms with E-state index in [1.807, 2.05) is 6.92 Å². The maximum Gasteiger partial charge on any atom is 0.123 e. The second-order valence-corrected chi connectivity index (χ2v) is 5.22. The molecular weight excluding hydrogens is 245 g/mol. The van der Waals surface area contributed by atoms with E-state index in [0.29, 0.717) is 18.3 Å². The molecule has 0 aromatic heterocycles. The molecule has 1 fully saturated rings. The van der Waals surface area contributed by atoms with Gasteiger partial charge in [0.15, 0.2) is 0 Å². The topological polar surface area (TPSA) is 32.7 Å². The Morgan fingerprint density at radius 3 is 2.53 bits per heavy atom. The standard InChI is InChI=1S/C15H22FNO2/c1-12(18)13-6-8-17(9-7-13)10-11-19-15-4-2-14(16)3-5-15/h2-5,12-13,18H,6-11H2,1H3. The number of hydrogen-bond donors (Lipinski definition) is 1. The van der Waals surface area contributed by atoms with Crippen LogP contribution in [0.15, 0.2) is 24.3 Å². The number of aliphatic hydroxyl groups is 1. The van der Waals surface area contributed by atoms with Gasteiger partial charge in [-0.05, 0) is 63.0 Å². The summed E-state index contributed by atoms with van der Waals surface area (Å²) in [5.41, 5.74) is 0. The summed E-state index contributed by atoms with van der Waals surface area (Å²) in [5.74, 6) is 0.905. The first-order valence-electron chi connectivity index (χ1n) is 6.94. The highest BCUT2D eigenvalue weighted by Crippen LogP contribution is 2.20. The molecule has 2 rings (SSSR count). The van der Waals surface area contributed by atoms with Crippen molar-refractivity contribution in [2.24, 2.45) is 5.92 Å². The molecule has 1 atom stereocenters. The number of likely N-dealkylation sites (tertiary alicyclic amines) is 1. The van der Waals surface area contributed by atoms with Gasteiger partial charge in [-0.15, -0.1) is 0 Å². The van der Waals surface area contributed by atoms with E-state index in [0.717, 1.165) is 32.5 Å². The van der Waals surface area contributed by atoms with Crippen molar-refractivity contribution in [3.8, 4) is 5.75 Å². The molecule has 1 aliphatic rings. The summed E-state index contributed by atoms with van der Waals surface area (Å²) in [4.78, 5) is 2.35. The van der Waals surface area contributed by atoms with Crippen LogP contribution in [-0.4, -0.2) is 42.4 Å². The Kier molecular flexibility index (Phi) is 5.16. The molecule has 1 aliphatic heterocycles. The summed E-state index contributed by atoms with van der Waals surface area (Å²) >= 11 is 0. The molecule has 1 aromatic rings. The van der Waals surface area contributed by atoms with Gasteiger partial charge in [-0.3, -0.25) is 4.90 Å². The Bertz CT molecular complexity index is 372. The molecule has 1 aromatic carbocycles. The largest absolute Gasteiger partial charge is 0.492 e. The lowest BCUT2D eigenvalue weighted by molar-refractivity contribution is 0.0672. The first-order chi connectivity index (χ1) is 9.15. The fourth-order valence-electron chi connectivity index (χ4n) is 2.48. The third kappa shape index (κ3) is 4.48. The van der Waals surface area contributed by atoms with Gasteiger partial charge in [0.05, 0.1) is 6.10 Å². The summed E-state index contributed by atoms with van der Waals surface area (Å²) in [6.45, 7) is 5.40. The van der Waals surface area contributed by atoms with Gasteiger partial charge >= 0.3 is 0 Å². The minimum Gasteiger partial charge on any atom is -0.492 e. The molecule has 0 spiro atoms. The number of ether oxygens (including phenoxy) is 1. The van der Waals surface area contributed by atoms with Crippen molar-refractivity contribution in [1.82, 2.24) is 4.90 Å². The summed E-state index contributed by atoms with van der Waals surface area (Å²) in [5, 5.41) is 9.54.